The Balaban J connectivity index is 2.29. The van der Waals surface area contributed by atoms with Crippen LogP contribution in [0.25, 0.3) is 0 Å². The van der Waals surface area contributed by atoms with Crippen LogP contribution in [0.4, 0.5) is 0 Å². The third kappa shape index (κ3) is 4.08. The van der Waals surface area contributed by atoms with Crippen LogP contribution in [0, 0.1) is 11.3 Å². The maximum Gasteiger partial charge on any atom is 0.315 e. The molecule has 1 heterocycles. The standard InChI is InChI=1S/C22H25Cl2NO4/c1-6-29-21(27)17-11(2)25-15-9-22(3,4)10-16(26)19(15)18(17)13-7-12(23)8-14(24)20(13)28-5/h7-8,17-18H,6,9-10H2,1-5H3/t17?,18-/m1/s1. The van der Waals surface area contributed by atoms with Gasteiger partial charge in [-0.15, -0.1) is 0 Å². The van der Waals surface area contributed by atoms with E-state index >= 15 is 0 Å². The molecule has 7 heteroatoms. The third-order valence-electron chi connectivity index (χ3n) is 5.42. The van der Waals surface area contributed by atoms with Gasteiger partial charge in [-0.25, -0.2) is 0 Å². The molecule has 1 aromatic rings. The van der Waals surface area contributed by atoms with Crippen LogP contribution in [0.5, 0.6) is 5.75 Å². The van der Waals surface area contributed by atoms with E-state index in [1.807, 2.05) is 13.8 Å². The zero-order valence-electron chi connectivity index (χ0n) is 17.3. The molecular formula is C22H25Cl2NO4. The smallest absolute Gasteiger partial charge is 0.315 e. The molecule has 2 aliphatic rings. The van der Waals surface area contributed by atoms with Crippen molar-refractivity contribution in [3.05, 3.63) is 39.0 Å². The number of rotatable bonds is 4. The summed E-state index contributed by atoms with van der Waals surface area (Å²) < 4.78 is 10.9. The number of methoxy groups -OCH3 is 1. The predicted octanol–water partition coefficient (Wildman–Crippen LogP) is 5.38. The molecule has 0 saturated heterocycles. The van der Waals surface area contributed by atoms with Crippen molar-refractivity contribution >= 4 is 40.7 Å². The fourth-order valence-corrected chi connectivity index (χ4v) is 4.93. The van der Waals surface area contributed by atoms with E-state index in [1.54, 1.807) is 26.0 Å². The molecule has 3 rings (SSSR count). The fourth-order valence-electron chi connectivity index (χ4n) is 4.35. The number of nitrogens with zero attached hydrogens (tertiary/aromatic N) is 1. The van der Waals surface area contributed by atoms with Gasteiger partial charge >= 0.3 is 5.97 Å². The summed E-state index contributed by atoms with van der Waals surface area (Å²) in [4.78, 5) is 30.8. The van der Waals surface area contributed by atoms with Crippen molar-refractivity contribution in [1.29, 1.82) is 0 Å². The van der Waals surface area contributed by atoms with Gasteiger partial charge < -0.3 is 9.47 Å². The van der Waals surface area contributed by atoms with E-state index in [0.29, 0.717) is 51.2 Å². The van der Waals surface area contributed by atoms with E-state index in [9.17, 15) is 9.59 Å². The Labute approximate surface area is 181 Å². The van der Waals surface area contributed by atoms with Gasteiger partial charge in [-0.3, -0.25) is 14.6 Å². The van der Waals surface area contributed by atoms with Crippen molar-refractivity contribution in [3.8, 4) is 5.75 Å². The molecule has 0 fully saturated rings. The number of hydrogen-bond acceptors (Lipinski definition) is 5. The first-order valence-electron chi connectivity index (χ1n) is 9.60. The summed E-state index contributed by atoms with van der Waals surface area (Å²) in [5, 5.41) is 0.725. The Bertz CT molecular complexity index is 933. The van der Waals surface area contributed by atoms with E-state index in [0.717, 1.165) is 0 Å². The minimum Gasteiger partial charge on any atom is -0.495 e. The monoisotopic (exact) mass is 437 g/mol. The normalized spacial score (nSPS) is 23.4. The molecule has 0 saturated carbocycles. The van der Waals surface area contributed by atoms with Gasteiger partial charge in [0.05, 0.1) is 18.7 Å². The Morgan fingerprint density at radius 2 is 1.97 bits per heavy atom. The van der Waals surface area contributed by atoms with Crippen molar-refractivity contribution in [2.45, 2.75) is 46.5 Å². The number of carbonyl (C=O) groups is 2. The lowest BCUT2D eigenvalue weighted by Gasteiger charge is -2.39. The van der Waals surface area contributed by atoms with Crippen LogP contribution in [-0.4, -0.2) is 31.2 Å². The second-order valence-corrected chi connectivity index (χ2v) is 9.12. The van der Waals surface area contributed by atoms with Crippen molar-refractivity contribution in [3.63, 3.8) is 0 Å². The average molecular weight is 438 g/mol. The Hall–Kier alpha value is -1.85. The number of benzene rings is 1. The lowest BCUT2D eigenvalue weighted by atomic mass is 9.66. The number of halogens is 2. The number of Topliss-reactive ketones (excluding diaryl/α,β-unsaturated/α-hetero) is 1. The summed E-state index contributed by atoms with van der Waals surface area (Å²) in [7, 11) is 1.50. The van der Waals surface area contributed by atoms with Gasteiger partial charge in [0.15, 0.2) is 5.78 Å². The zero-order valence-corrected chi connectivity index (χ0v) is 18.8. The molecule has 29 heavy (non-hydrogen) atoms. The molecule has 0 spiro atoms. The van der Waals surface area contributed by atoms with Gasteiger partial charge in [-0.1, -0.05) is 37.0 Å². The highest BCUT2D eigenvalue weighted by atomic mass is 35.5. The number of esters is 1. The summed E-state index contributed by atoms with van der Waals surface area (Å²) in [6.07, 6.45) is 1.02. The molecule has 2 atom stereocenters. The van der Waals surface area contributed by atoms with Gasteiger partial charge in [0.1, 0.15) is 11.7 Å². The molecule has 5 nitrogen and oxygen atoms in total. The summed E-state index contributed by atoms with van der Waals surface area (Å²) in [6, 6.07) is 3.29. The topological polar surface area (TPSA) is 65.0 Å². The zero-order chi connectivity index (χ0) is 21.5. The number of allylic oxidation sites excluding steroid dienone is 2. The molecule has 1 aliphatic carbocycles. The van der Waals surface area contributed by atoms with Crippen LogP contribution in [0.3, 0.4) is 0 Å². The lowest BCUT2D eigenvalue weighted by molar-refractivity contribution is -0.146. The number of ether oxygens (including phenoxy) is 2. The number of hydrogen-bond donors (Lipinski definition) is 0. The molecule has 1 aromatic carbocycles. The van der Waals surface area contributed by atoms with Crippen LogP contribution < -0.4 is 4.74 Å². The highest BCUT2D eigenvalue weighted by molar-refractivity contribution is 6.35. The first-order chi connectivity index (χ1) is 13.6. The number of aliphatic imine (C=N–C) groups is 1. The van der Waals surface area contributed by atoms with Crippen LogP contribution in [0.15, 0.2) is 28.4 Å². The SMILES string of the molecule is CCOC(=O)C1C(C)=NC2=C(C(=O)CC(C)(C)C2)[C@@H]1c1cc(Cl)cc(Cl)c1OC. The molecule has 0 radical (unpaired) electrons. The molecule has 0 amide bonds. The van der Waals surface area contributed by atoms with Crippen LogP contribution in [0.2, 0.25) is 10.0 Å². The summed E-state index contributed by atoms with van der Waals surface area (Å²) in [5.41, 5.74) is 2.25. The maximum atomic E-state index is 13.2. The van der Waals surface area contributed by atoms with Crippen LogP contribution in [-0.2, 0) is 14.3 Å². The quantitative estimate of drug-likeness (QED) is 0.592. The second kappa shape index (κ2) is 8.11. The Morgan fingerprint density at radius 3 is 2.59 bits per heavy atom. The van der Waals surface area contributed by atoms with E-state index in [-0.39, 0.29) is 17.8 Å². The predicted molar refractivity (Wildman–Crippen MR) is 114 cm³/mol. The lowest BCUT2D eigenvalue weighted by Crippen LogP contribution is -2.39. The summed E-state index contributed by atoms with van der Waals surface area (Å²) in [5.74, 6) is -1.42. The van der Waals surface area contributed by atoms with Gasteiger partial charge in [0, 0.05) is 39.9 Å². The highest BCUT2D eigenvalue weighted by Crippen LogP contribution is 2.51. The Kier molecular flexibility index (Phi) is 6.11. The van der Waals surface area contributed by atoms with Gasteiger partial charge in [0.2, 0.25) is 0 Å². The van der Waals surface area contributed by atoms with Gasteiger partial charge in [-0.05, 0) is 37.8 Å². The van der Waals surface area contributed by atoms with Crippen molar-refractivity contribution < 1.29 is 19.1 Å². The molecule has 0 bridgehead atoms. The molecule has 1 unspecified atom stereocenters. The first kappa shape index (κ1) is 21.8. The largest absolute Gasteiger partial charge is 0.495 e. The van der Waals surface area contributed by atoms with E-state index < -0.39 is 17.8 Å². The first-order valence-corrected chi connectivity index (χ1v) is 10.4. The highest BCUT2D eigenvalue weighted by Gasteiger charge is 2.47. The van der Waals surface area contributed by atoms with Gasteiger partial charge in [-0.2, -0.15) is 0 Å². The third-order valence-corrected chi connectivity index (χ3v) is 5.92. The molecule has 0 N–H and O–H groups in total. The van der Waals surface area contributed by atoms with Crippen LogP contribution in [0.1, 0.15) is 52.0 Å². The minimum atomic E-state index is -0.748. The molecule has 0 aromatic heterocycles. The van der Waals surface area contributed by atoms with E-state index in [4.69, 9.17) is 32.7 Å². The van der Waals surface area contributed by atoms with Crippen molar-refractivity contribution in [1.82, 2.24) is 0 Å². The summed E-state index contributed by atoms with van der Waals surface area (Å²) >= 11 is 12.7. The van der Waals surface area contributed by atoms with Gasteiger partial charge in [0.25, 0.3) is 0 Å². The average Bonchev–Trinajstić information content (AvgIpc) is 2.58. The van der Waals surface area contributed by atoms with E-state index in [2.05, 4.69) is 4.99 Å². The van der Waals surface area contributed by atoms with Crippen molar-refractivity contribution in [2.24, 2.45) is 16.3 Å². The van der Waals surface area contributed by atoms with Crippen LogP contribution >= 0.6 is 23.2 Å². The Morgan fingerprint density at radius 1 is 1.28 bits per heavy atom. The number of ketones is 1. The molecular weight excluding hydrogens is 413 g/mol. The second-order valence-electron chi connectivity index (χ2n) is 8.27. The summed E-state index contributed by atoms with van der Waals surface area (Å²) in [6.45, 7) is 7.86. The number of carbonyl (C=O) groups excluding carboxylic acids is 2. The molecule has 156 valence electrons. The van der Waals surface area contributed by atoms with Crippen molar-refractivity contribution in [2.75, 3.05) is 13.7 Å². The fraction of sp³-hybridized carbons (Fsp3) is 0.500. The van der Waals surface area contributed by atoms with E-state index in [1.165, 1.54) is 7.11 Å². The maximum absolute atomic E-state index is 13.2. The molecule has 1 aliphatic heterocycles. The minimum absolute atomic E-state index is 0.0232.